The largest absolute Gasteiger partial charge is 0.0651 e. The minimum absolute atomic E-state index is 0.420. The van der Waals surface area contributed by atoms with Crippen LogP contribution in [0.15, 0.2) is 0 Å². The summed E-state index contributed by atoms with van der Waals surface area (Å²) in [5.41, 5.74) is 0.943. The predicted octanol–water partition coefficient (Wildman–Crippen LogP) is 6.55. The lowest BCUT2D eigenvalue weighted by Crippen LogP contribution is -2.43. The van der Waals surface area contributed by atoms with Crippen LogP contribution in [0.4, 0.5) is 0 Å². The molecule has 0 amide bonds. The van der Waals surface area contributed by atoms with E-state index in [4.69, 9.17) is 0 Å². The van der Waals surface area contributed by atoms with E-state index in [0.717, 1.165) is 17.8 Å². The molecule has 0 spiro atoms. The van der Waals surface area contributed by atoms with E-state index in [-0.39, 0.29) is 0 Å². The van der Waals surface area contributed by atoms with Gasteiger partial charge in [-0.15, -0.1) is 0 Å². The molecule has 3 unspecified atom stereocenters. The first-order valence-electron chi connectivity index (χ1n) is 8.15. The first kappa shape index (κ1) is 18.0. The van der Waals surface area contributed by atoms with E-state index in [2.05, 4.69) is 62.3 Å². The normalized spacial score (nSPS) is 19.7. The maximum Gasteiger partial charge on any atom is -0.0239 e. The van der Waals surface area contributed by atoms with Gasteiger partial charge in [0.1, 0.15) is 0 Å². The molecule has 0 aromatic heterocycles. The van der Waals surface area contributed by atoms with E-state index in [1.54, 1.807) is 0 Å². The van der Waals surface area contributed by atoms with E-state index in [1.807, 2.05) is 0 Å². The molecular formula is C18H38. The molecule has 18 heavy (non-hydrogen) atoms. The van der Waals surface area contributed by atoms with Gasteiger partial charge in [0.25, 0.3) is 0 Å². The zero-order valence-corrected chi connectivity index (χ0v) is 14.6. The topological polar surface area (TPSA) is 0 Å². The summed E-state index contributed by atoms with van der Waals surface area (Å²) in [6.07, 6.45) is 5.34. The first-order chi connectivity index (χ1) is 8.15. The van der Waals surface area contributed by atoms with Crippen LogP contribution in [-0.2, 0) is 0 Å². The van der Waals surface area contributed by atoms with Crippen LogP contribution in [-0.4, -0.2) is 0 Å². The molecule has 0 nitrogen and oxygen atoms in total. The Morgan fingerprint density at radius 1 is 0.833 bits per heavy atom. The van der Waals surface area contributed by atoms with Gasteiger partial charge in [-0.3, -0.25) is 0 Å². The molecule has 0 radical (unpaired) electrons. The SMILES string of the molecule is CCC(C)C(CC)(CC(C)C)C(CC)C(C)(C)C. The van der Waals surface area contributed by atoms with Gasteiger partial charge in [-0.25, -0.2) is 0 Å². The van der Waals surface area contributed by atoms with Gasteiger partial charge >= 0.3 is 0 Å². The number of rotatable bonds is 7. The van der Waals surface area contributed by atoms with Gasteiger partial charge in [0.2, 0.25) is 0 Å². The highest BCUT2D eigenvalue weighted by molar-refractivity contribution is 4.94. The lowest BCUT2D eigenvalue weighted by molar-refractivity contribution is -0.0204. The third-order valence-corrected chi connectivity index (χ3v) is 5.19. The van der Waals surface area contributed by atoms with Crippen LogP contribution in [0.25, 0.3) is 0 Å². The number of hydrogen-bond acceptors (Lipinski definition) is 0. The second-order valence-electron chi connectivity index (χ2n) is 7.82. The second-order valence-corrected chi connectivity index (χ2v) is 7.82. The van der Waals surface area contributed by atoms with Gasteiger partial charge in [0, 0.05) is 0 Å². The summed E-state index contributed by atoms with van der Waals surface area (Å²) in [6, 6.07) is 0. The van der Waals surface area contributed by atoms with Gasteiger partial charge in [-0.05, 0) is 41.4 Å². The Morgan fingerprint density at radius 3 is 1.56 bits per heavy atom. The molecule has 0 aromatic carbocycles. The molecule has 0 saturated heterocycles. The Hall–Kier alpha value is 0. The van der Waals surface area contributed by atoms with Crippen molar-refractivity contribution in [2.75, 3.05) is 0 Å². The minimum Gasteiger partial charge on any atom is -0.0651 e. The van der Waals surface area contributed by atoms with Crippen LogP contribution in [0.1, 0.15) is 88.0 Å². The highest BCUT2D eigenvalue weighted by atomic mass is 14.5. The van der Waals surface area contributed by atoms with E-state index in [0.29, 0.717) is 10.8 Å². The molecule has 0 aliphatic carbocycles. The Labute approximate surface area is 117 Å². The summed E-state index contributed by atoms with van der Waals surface area (Å²) in [6.45, 7) is 21.8. The van der Waals surface area contributed by atoms with E-state index >= 15 is 0 Å². The molecule has 0 aliphatic heterocycles. The fourth-order valence-electron chi connectivity index (χ4n) is 4.47. The molecule has 0 saturated carbocycles. The maximum absolute atomic E-state index is 2.49. The van der Waals surface area contributed by atoms with Crippen molar-refractivity contribution in [1.29, 1.82) is 0 Å². The van der Waals surface area contributed by atoms with Crippen LogP contribution in [0.2, 0.25) is 0 Å². The molecule has 0 fully saturated rings. The summed E-state index contributed by atoms with van der Waals surface area (Å²) in [4.78, 5) is 0. The fourth-order valence-corrected chi connectivity index (χ4v) is 4.47. The van der Waals surface area contributed by atoms with Crippen molar-refractivity contribution in [2.24, 2.45) is 28.6 Å². The average Bonchev–Trinajstić information content (AvgIpc) is 2.24. The molecular weight excluding hydrogens is 216 g/mol. The lowest BCUT2D eigenvalue weighted by atomic mass is 9.54. The Bertz CT molecular complexity index is 221. The highest BCUT2D eigenvalue weighted by Crippen LogP contribution is 2.53. The van der Waals surface area contributed by atoms with E-state index < -0.39 is 0 Å². The van der Waals surface area contributed by atoms with Crippen molar-refractivity contribution < 1.29 is 0 Å². The van der Waals surface area contributed by atoms with Gasteiger partial charge in [-0.2, -0.15) is 0 Å². The first-order valence-corrected chi connectivity index (χ1v) is 8.15. The summed E-state index contributed by atoms with van der Waals surface area (Å²) in [5.74, 6) is 2.46. The second kappa shape index (κ2) is 6.96. The van der Waals surface area contributed by atoms with Gasteiger partial charge in [0.05, 0.1) is 0 Å². The van der Waals surface area contributed by atoms with Crippen molar-refractivity contribution in [3.8, 4) is 0 Å². The third-order valence-electron chi connectivity index (χ3n) is 5.19. The highest BCUT2D eigenvalue weighted by Gasteiger charge is 2.45. The summed E-state index contributed by atoms with van der Waals surface area (Å²) < 4.78 is 0. The summed E-state index contributed by atoms with van der Waals surface area (Å²) in [5, 5.41) is 0. The lowest BCUT2D eigenvalue weighted by Gasteiger charge is -2.51. The van der Waals surface area contributed by atoms with Crippen molar-refractivity contribution >= 4 is 0 Å². The van der Waals surface area contributed by atoms with Crippen molar-refractivity contribution in [3.63, 3.8) is 0 Å². The molecule has 0 N–H and O–H groups in total. The van der Waals surface area contributed by atoms with Crippen LogP contribution in [0, 0.1) is 28.6 Å². The van der Waals surface area contributed by atoms with Gasteiger partial charge < -0.3 is 0 Å². The monoisotopic (exact) mass is 254 g/mol. The van der Waals surface area contributed by atoms with Crippen LogP contribution in [0.5, 0.6) is 0 Å². The van der Waals surface area contributed by atoms with Crippen molar-refractivity contribution in [3.05, 3.63) is 0 Å². The van der Waals surface area contributed by atoms with Crippen LogP contribution >= 0.6 is 0 Å². The zero-order chi connectivity index (χ0) is 14.6. The molecule has 0 heteroatoms. The van der Waals surface area contributed by atoms with Gasteiger partial charge in [-0.1, -0.05) is 75.2 Å². The predicted molar refractivity (Wildman–Crippen MR) is 84.9 cm³/mol. The fraction of sp³-hybridized carbons (Fsp3) is 1.00. The van der Waals surface area contributed by atoms with Gasteiger partial charge in [0.15, 0.2) is 0 Å². The summed E-state index contributed by atoms with van der Waals surface area (Å²) >= 11 is 0. The van der Waals surface area contributed by atoms with Crippen LogP contribution < -0.4 is 0 Å². The van der Waals surface area contributed by atoms with Crippen molar-refractivity contribution in [1.82, 2.24) is 0 Å². The standard InChI is InChI=1S/C18H38/c1-10-15(6)18(12-3,13-14(4)5)16(11-2)17(7,8)9/h14-16H,10-13H2,1-9H3. The molecule has 3 atom stereocenters. The van der Waals surface area contributed by atoms with E-state index in [1.165, 1.54) is 25.7 Å². The maximum atomic E-state index is 2.49. The smallest absolute Gasteiger partial charge is 0.0239 e. The van der Waals surface area contributed by atoms with Crippen LogP contribution in [0.3, 0.4) is 0 Å². The molecule has 0 aliphatic rings. The quantitative estimate of drug-likeness (QED) is 0.483. The molecule has 0 heterocycles. The molecule has 0 bridgehead atoms. The summed E-state index contributed by atoms with van der Waals surface area (Å²) in [7, 11) is 0. The molecule has 0 rings (SSSR count). The Morgan fingerprint density at radius 2 is 1.33 bits per heavy atom. The van der Waals surface area contributed by atoms with Crippen molar-refractivity contribution in [2.45, 2.75) is 88.0 Å². The number of hydrogen-bond donors (Lipinski definition) is 0. The molecule has 110 valence electrons. The average molecular weight is 255 g/mol. The zero-order valence-electron chi connectivity index (χ0n) is 14.6. The Kier molecular flexibility index (Phi) is 6.96. The van der Waals surface area contributed by atoms with E-state index in [9.17, 15) is 0 Å². The minimum atomic E-state index is 0.420. The third kappa shape index (κ3) is 4.00. The molecule has 0 aromatic rings. The Balaban J connectivity index is 5.52.